The van der Waals surface area contributed by atoms with E-state index < -0.39 is 0 Å². The van der Waals surface area contributed by atoms with Crippen LogP contribution in [0.4, 0.5) is 5.82 Å². The first-order chi connectivity index (χ1) is 13.7. The van der Waals surface area contributed by atoms with Gasteiger partial charge in [0, 0.05) is 19.0 Å². The van der Waals surface area contributed by atoms with Crippen LogP contribution >= 0.6 is 0 Å². The lowest BCUT2D eigenvalue weighted by atomic mass is 10.0. The Morgan fingerprint density at radius 2 is 1.96 bits per heavy atom. The van der Waals surface area contributed by atoms with Crippen molar-refractivity contribution in [1.82, 2.24) is 9.38 Å². The molecule has 6 heteroatoms. The van der Waals surface area contributed by atoms with Crippen LogP contribution < -0.4 is 10.6 Å². The van der Waals surface area contributed by atoms with Gasteiger partial charge in [0.1, 0.15) is 11.9 Å². The summed E-state index contributed by atoms with van der Waals surface area (Å²) in [6.07, 6.45) is 5.55. The molecule has 1 saturated heterocycles. The lowest BCUT2D eigenvalue weighted by Crippen LogP contribution is -2.29. The Bertz CT molecular complexity index is 1140. The first kappa shape index (κ1) is 17.1. The lowest BCUT2D eigenvalue weighted by Gasteiger charge is -2.27. The molecule has 5 rings (SSSR count). The maximum absolute atomic E-state index is 11.7. The Balaban J connectivity index is 1.76. The number of carbonyl (C=O) groups excluding carboxylic acids is 1. The number of hydrogen-bond donors (Lipinski definition) is 1. The van der Waals surface area contributed by atoms with Crippen molar-refractivity contribution >= 4 is 28.4 Å². The summed E-state index contributed by atoms with van der Waals surface area (Å²) in [6, 6.07) is 10.5. The Labute approximate surface area is 163 Å². The Hall–Kier alpha value is -3.07. The van der Waals surface area contributed by atoms with Gasteiger partial charge in [-0.15, -0.1) is 0 Å². The zero-order valence-corrected chi connectivity index (χ0v) is 15.8. The van der Waals surface area contributed by atoms with Crippen LogP contribution in [0.1, 0.15) is 42.4 Å². The van der Waals surface area contributed by atoms with Crippen LogP contribution in [-0.2, 0) is 17.6 Å². The fourth-order valence-corrected chi connectivity index (χ4v) is 4.99. The van der Waals surface area contributed by atoms with E-state index in [0.717, 1.165) is 79.4 Å². The van der Waals surface area contributed by atoms with Gasteiger partial charge in [0.2, 0.25) is 5.91 Å². The minimum absolute atomic E-state index is 0.0496. The molecule has 1 fully saturated rings. The van der Waals surface area contributed by atoms with Gasteiger partial charge in [0.25, 0.3) is 0 Å². The largest absolute Gasteiger partial charge is 0.369 e. The van der Waals surface area contributed by atoms with Gasteiger partial charge in [-0.25, -0.2) is 4.98 Å². The number of para-hydroxylation sites is 2. The third-order valence-electron chi connectivity index (χ3n) is 6.33. The van der Waals surface area contributed by atoms with E-state index in [9.17, 15) is 10.1 Å². The van der Waals surface area contributed by atoms with Gasteiger partial charge >= 0.3 is 0 Å². The van der Waals surface area contributed by atoms with Gasteiger partial charge in [-0.2, -0.15) is 5.26 Å². The topological polar surface area (TPSA) is 87.4 Å². The molecule has 1 aliphatic carbocycles. The van der Waals surface area contributed by atoms with Crippen molar-refractivity contribution in [3.05, 3.63) is 41.0 Å². The van der Waals surface area contributed by atoms with Crippen LogP contribution in [-0.4, -0.2) is 28.4 Å². The van der Waals surface area contributed by atoms with Crippen LogP contribution in [0.15, 0.2) is 24.3 Å². The SMILES string of the molecule is N#Cc1c2c(c(N3CCCC(C(N)=O)CC3)n3c1nc1ccccc13)CCC2. The number of benzene rings is 1. The second-order valence-corrected chi connectivity index (χ2v) is 7.90. The fraction of sp³-hybridized carbons (Fsp3) is 0.409. The van der Waals surface area contributed by atoms with E-state index in [4.69, 9.17) is 10.7 Å². The van der Waals surface area contributed by atoms with E-state index in [2.05, 4.69) is 21.4 Å². The molecule has 142 valence electrons. The summed E-state index contributed by atoms with van der Waals surface area (Å²) in [4.78, 5) is 18.9. The highest BCUT2D eigenvalue weighted by atomic mass is 16.1. The van der Waals surface area contributed by atoms with Gasteiger partial charge in [0.05, 0.1) is 16.6 Å². The Morgan fingerprint density at radius 1 is 1.14 bits per heavy atom. The Morgan fingerprint density at radius 3 is 2.79 bits per heavy atom. The number of nitrogens with zero attached hydrogens (tertiary/aromatic N) is 4. The summed E-state index contributed by atoms with van der Waals surface area (Å²) in [7, 11) is 0. The van der Waals surface area contributed by atoms with Crippen molar-refractivity contribution in [2.24, 2.45) is 11.7 Å². The number of fused-ring (bicyclic) bond motifs is 4. The van der Waals surface area contributed by atoms with E-state index in [1.165, 1.54) is 11.4 Å². The minimum atomic E-state index is -0.190. The zero-order chi connectivity index (χ0) is 19.3. The number of anilines is 1. The minimum Gasteiger partial charge on any atom is -0.369 e. The van der Waals surface area contributed by atoms with E-state index in [-0.39, 0.29) is 11.8 Å². The van der Waals surface area contributed by atoms with Crippen molar-refractivity contribution in [2.75, 3.05) is 18.0 Å². The number of imidazole rings is 1. The quantitative estimate of drug-likeness (QED) is 0.748. The molecule has 28 heavy (non-hydrogen) atoms. The number of nitriles is 1. The molecule has 0 bridgehead atoms. The third kappa shape index (κ3) is 2.46. The molecule has 2 aromatic heterocycles. The third-order valence-corrected chi connectivity index (χ3v) is 6.33. The fourth-order valence-electron chi connectivity index (χ4n) is 4.99. The molecule has 1 aliphatic heterocycles. The van der Waals surface area contributed by atoms with Crippen molar-refractivity contribution in [3.63, 3.8) is 0 Å². The maximum Gasteiger partial charge on any atom is 0.220 e. The molecule has 3 heterocycles. The van der Waals surface area contributed by atoms with E-state index in [0.29, 0.717) is 0 Å². The van der Waals surface area contributed by atoms with Gasteiger partial charge < -0.3 is 10.6 Å². The van der Waals surface area contributed by atoms with Crippen molar-refractivity contribution in [2.45, 2.75) is 38.5 Å². The molecule has 0 saturated carbocycles. The molecule has 0 spiro atoms. The number of carbonyl (C=O) groups is 1. The smallest absolute Gasteiger partial charge is 0.220 e. The standard InChI is InChI=1S/C22H23N5O/c23-13-17-15-6-3-7-16(15)22(26-11-4-5-14(10-12-26)20(24)28)27-19-9-2-1-8-18(19)25-21(17)27/h1-2,8-9,14H,3-7,10-12H2,(H2,24,28). The van der Waals surface area contributed by atoms with Gasteiger partial charge in [0.15, 0.2) is 5.65 Å². The van der Waals surface area contributed by atoms with E-state index >= 15 is 0 Å². The summed E-state index contributed by atoms with van der Waals surface area (Å²) in [6.45, 7) is 1.69. The highest BCUT2D eigenvalue weighted by Crippen LogP contribution is 2.39. The second-order valence-electron chi connectivity index (χ2n) is 7.90. The summed E-state index contributed by atoms with van der Waals surface area (Å²) in [5.74, 6) is 0.928. The van der Waals surface area contributed by atoms with E-state index in [1.807, 2.05) is 18.2 Å². The highest BCUT2D eigenvalue weighted by Gasteiger charge is 2.30. The number of amides is 1. The average molecular weight is 373 g/mol. The van der Waals surface area contributed by atoms with Crippen LogP contribution in [0.3, 0.4) is 0 Å². The molecule has 1 aromatic carbocycles. The number of aromatic nitrogens is 2. The molecule has 2 aliphatic rings. The maximum atomic E-state index is 11.7. The molecule has 3 aromatic rings. The average Bonchev–Trinajstić information content (AvgIpc) is 3.24. The van der Waals surface area contributed by atoms with Gasteiger partial charge in [-0.05, 0) is 61.8 Å². The highest BCUT2D eigenvalue weighted by molar-refractivity contribution is 5.86. The number of rotatable bonds is 2. The summed E-state index contributed by atoms with van der Waals surface area (Å²) >= 11 is 0. The van der Waals surface area contributed by atoms with Crippen molar-refractivity contribution in [1.29, 1.82) is 5.26 Å². The monoisotopic (exact) mass is 373 g/mol. The van der Waals surface area contributed by atoms with E-state index in [1.54, 1.807) is 0 Å². The molecular formula is C22H23N5O. The number of nitrogens with two attached hydrogens (primary N) is 1. The first-order valence-corrected chi connectivity index (χ1v) is 10.1. The number of primary amides is 1. The predicted octanol–water partition coefficient (Wildman–Crippen LogP) is 2.94. The van der Waals surface area contributed by atoms with Gasteiger partial charge in [-0.3, -0.25) is 9.20 Å². The predicted molar refractivity (Wildman–Crippen MR) is 108 cm³/mol. The number of pyridine rings is 1. The molecule has 1 atom stereocenters. The molecule has 0 radical (unpaired) electrons. The van der Waals surface area contributed by atoms with Crippen LogP contribution in [0, 0.1) is 17.2 Å². The van der Waals surface area contributed by atoms with Crippen LogP contribution in [0.5, 0.6) is 0 Å². The molecule has 2 N–H and O–H groups in total. The summed E-state index contributed by atoms with van der Waals surface area (Å²) in [5, 5.41) is 9.90. The zero-order valence-electron chi connectivity index (χ0n) is 15.8. The summed E-state index contributed by atoms with van der Waals surface area (Å²) < 4.78 is 2.18. The van der Waals surface area contributed by atoms with Crippen molar-refractivity contribution in [3.8, 4) is 6.07 Å². The summed E-state index contributed by atoms with van der Waals surface area (Å²) in [5.41, 5.74) is 11.5. The van der Waals surface area contributed by atoms with Crippen LogP contribution in [0.25, 0.3) is 16.7 Å². The van der Waals surface area contributed by atoms with Crippen LogP contribution in [0.2, 0.25) is 0 Å². The Kier molecular flexibility index (Phi) is 3.97. The molecule has 6 nitrogen and oxygen atoms in total. The van der Waals surface area contributed by atoms with Crippen molar-refractivity contribution < 1.29 is 4.79 Å². The second kappa shape index (κ2) is 6.52. The first-order valence-electron chi connectivity index (χ1n) is 10.1. The molecular weight excluding hydrogens is 350 g/mol. The lowest BCUT2D eigenvalue weighted by molar-refractivity contribution is -0.122. The number of hydrogen-bond acceptors (Lipinski definition) is 4. The molecule has 1 unspecified atom stereocenters. The van der Waals surface area contributed by atoms with Gasteiger partial charge in [-0.1, -0.05) is 12.1 Å². The normalized spacial score (nSPS) is 19.5. The molecule has 1 amide bonds.